The molecule has 0 radical (unpaired) electrons. The van der Waals surface area contributed by atoms with Crippen LogP contribution in [0.5, 0.6) is 0 Å². The molecule has 1 saturated heterocycles. The maximum absolute atomic E-state index is 10.4. The molecule has 0 aliphatic carbocycles. The van der Waals surface area contributed by atoms with Gasteiger partial charge in [-0.05, 0) is 54.5 Å². The van der Waals surface area contributed by atoms with Crippen molar-refractivity contribution in [3.8, 4) is 0 Å². The van der Waals surface area contributed by atoms with Crippen molar-refractivity contribution in [3.05, 3.63) is 0 Å². The van der Waals surface area contributed by atoms with Crippen LogP contribution in [0.15, 0.2) is 0 Å². The van der Waals surface area contributed by atoms with E-state index >= 15 is 0 Å². The normalized spacial score (nSPS) is 17.1. The van der Waals surface area contributed by atoms with Gasteiger partial charge in [0.05, 0.1) is 5.92 Å². The molecule has 7 nitrogen and oxygen atoms in total. The van der Waals surface area contributed by atoms with Crippen LogP contribution in [0.4, 0.5) is 0 Å². The molecular weight excluding hydrogens is 288 g/mol. The average molecular weight is 318 g/mol. The molecule has 1 unspecified atom stereocenters. The molecule has 7 heteroatoms. The number of ether oxygens (including phenoxy) is 2. The lowest BCUT2D eigenvalue weighted by molar-refractivity contribution is -0.139. The van der Waals surface area contributed by atoms with Crippen molar-refractivity contribution in [3.63, 3.8) is 0 Å². The van der Waals surface area contributed by atoms with Gasteiger partial charge >= 0.3 is 0 Å². The van der Waals surface area contributed by atoms with Gasteiger partial charge in [-0.15, -0.1) is 0 Å². The first-order valence-corrected chi connectivity index (χ1v) is 7.16. The molecule has 0 aromatic heterocycles. The Bertz CT molecular complexity index is 306. The number of carbonyl (C=O) groups is 3. The van der Waals surface area contributed by atoms with E-state index in [2.05, 4.69) is 14.8 Å². The molecule has 0 aromatic carbocycles. The molecule has 1 atom stereocenters. The minimum Gasteiger partial charge on any atom is -0.462 e. The van der Waals surface area contributed by atoms with E-state index in [1.807, 2.05) is 41.5 Å². The second kappa shape index (κ2) is 11.0. The Morgan fingerprint density at radius 2 is 1.45 bits per heavy atom. The Hall–Kier alpha value is -1.63. The van der Waals surface area contributed by atoms with Gasteiger partial charge in [-0.3, -0.25) is 14.4 Å². The van der Waals surface area contributed by atoms with Crippen LogP contribution in [0.1, 0.15) is 48.0 Å². The SMILES string of the molecule is CC(C)(C)OC=O.CC(C)(C)OC=O.NC(=O)C1CCNC1. The molecule has 1 aliphatic heterocycles. The van der Waals surface area contributed by atoms with Crippen molar-refractivity contribution in [2.75, 3.05) is 13.1 Å². The van der Waals surface area contributed by atoms with Gasteiger partial charge in [0, 0.05) is 6.54 Å². The van der Waals surface area contributed by atoms with Crippen LogP contribution in [-0.4, -0.2) is 43.1 Å². The Kier molecular flexibility index (Phi) is 11.3. The molecule has 1 heterocycles. The van der Waals surface area contributed by atoms with E-state index in [0.29, 0.717) is 12.9 Å². The summed E-state index contributed by atoms with van der Waals surface area (Å²) >= 11 is 0. The lowest BCUT2D eigenvalue weighted by atomic mass is 10.1. The summed E-state index contributed by atoms with van der Waals surface area (Å²) in [5, 5.41) is 3.05. The van der Waals surface area contributed by atoms with Crippen LogP contribution in [0.3, 0.4) is 0 Å². The lowest BCUT2D eigenvalue weighted by Crippen LogP contribution is -2.24. The number of hydrogen-bond donors (Lipinski definition) is 2. The number of nitrogens with two attached hydrogens (primary N) is 1. The van der Waals surface area contributed by atoms with Crippen molar-refractivity contribution in [1.29, 1.82) is 0 Å². The predicted molar refractivity (Wildman–Crippen MR) is 84.0 cm³/mol. The fraction of sp³-hybridized carbons (Fsp3) is 0.800. The fourth-order valence-electron chi connectivity index (χ4n) is 1.19. The molecule has 0 spiro atoms. The third kappa shape index (κ3) is 18.4. The number of nitrogens with one attached hydrogen (secondary N) is 1. The molecule has 1 fully saturated rings. The highest BCUT2D eigenvalue weighted by Crippen LogP contribution is 2.04. The zero-order chi connectivity index (χ0) is 17.8. The first kappa shape index (κ1) is 22.6. The van der Waals surface area contributed by atoms with Crippen molar-refractivity contribution in [1.82, 2.24) is 5.32 Å². The number of rotatable bonds is 3. The number of hydrogen-bond acceptors (Lipinski definition) is 6. The van der Waals surface area contributed by atoms with Crippen molar-refractivity contribution < 1.29 is 23.9 Å². The summed E-state index contributed by atoms with van der Waals surface area (Å²) in [7, 11) is 0. The number of primary amides is 1. The first-order valence-electron chi connectivity index (χ1n) is 7.16. The highest BCUT2D eigenvalue weighted by atomic mass is 16.5. The summed E-state index contributed by atoms with van der Waals surface area (Å²) in [5.41, 5.74) is 4.38. The molecule has 130 valence electrons. The molecule has 22 heavy (non-hydrogen) atoms. The van der Waals surface area contributed by atoms with Gasteiger partial charge in [0.15, 0.2) is 0 Å². The summed E-state index contributed by atoms with van der Waals surface area (Å²) in [6, 6.07) is 0. The monoisotopic (exact) mass is 318 g/mol. The molecular formula is C15H30N2O5. The van der Waals surface area contributed by atoms with Gasteiger partial charge < -0.3 is 20.5 Å². The molecule has 1 aliphatic rings. The van der Waals surface area contributed by atoms with Gasteiger partial charge in [-0.2, -0.15) is 0 Å². The molecule has 3 N–H and O–H groups in total. The van der Waals surface area contributed by atoms with Gasteiger partial charge in [0.25, 0.3) is 12.9 Å². The number of carbonyl (C=O) groups excluding carboxylic acids is 3. The molecule has 1 amide bonds. The third-order valence-electron chi connectivity index (χ3n) is 2.27. The summed E-state index contributed by atoms with van der Waals surface area (Å²) in [6.07, 6.45) is 0.912. The largest absolute Gasteiger partial charge is 0.462 e. The van der Waals surface area contributed by atoms with Crippen LogP contribution < -0.4 is 11.1 Å². The fourth-order valence-corrected chi connectivity index (χ4v) is 1.19. The molecule has 1 rings (SSSR count). The van der Waals surface area contributed by atoms with Crippen LogP contribution in [0, 0.1) is 5.92 Å². The topological polar surface area (TPSA) is 108 Å². The summed E-state index contributed by atoms with van der Waals surface area (Å²) in [5.74, 6) is -0.0787. The van der Waals surface area contributed by atoms with Crippen LogP contribution >= 0.6 is 0 Å². The summed E-state index contributed by atoms with van der Waals surface area (Å²) in [6.45, 7) is 13.6. The standard InChI is InChI=1S/C5H10N2O.2C5H10O2/c6-5(8)4-1-2-7-3-4;2*1-5(2,3)7-4-6/h4,7H,1-3H2,(H2,6,8);2*4H,1-3H3. The van der Waals surface area contributed by atoms with E-state index in [4.69, 9.17) is 5.73 Å². The second-order valence-electron chi connectivity index (χ2n) is 6.74. The van der Waals surface area contributed by atoms with E-state index in [1.165, 1.54) is 0 Å². The minimum atomic E-state index is -0.318. The van der Waals surface area contributed by atoms with Crippen molar-refractivity contribution in [2.45, 2.75) is 59.2 Å². The Morgan fingerprint density at radius 1 is 1.05 bits per heavy atom. The minimum absolute atomic E-state index is 0.0926. The van der Waals surface area contributed by atoms with Gasteiger partial charge in [0.1, 0.15) is 11.2 Å². The van der Waals surface area contributed by atoms with Crippen LogP contribution in [-0.2, 0) is 23.9 Å². The Morgan fingerprint density at radius 3 is 1.55 bits per heavy atom. The van der Waals surface area contributed by atoms with Gasteiger partial charge in [-0.1, -0.05) is 0 Å². The smallest absolute Gasteiger partial charge is 0.293 e. The molecule has 0 saturated carbocycles. The predicted octanol–water partition coefficient (Wildman–Crippen LogP) is 0.997. The van der Waals surface area contributed by atoms with E-state index in [1.54, 1.807) is 0 Å². The second-order valence-corrected chi connectivity index (χ2v) is 6.74. The van der Waals surface area contributed by atoms with E-state index in [9.17, 15) is 14.4 Å². The van der Waals surface area contributed by atoms with E-state index in [-0.39, 0.29) is 23.0 Å². The first-order chi connectivity index (χ1) is 9.93. The highest BCUT2D eigenvalue weighted by Gasteiger charge is 2.18. The lowest BCUT2D eigenvalue weighted by Gasteiger charge is -2.14. The molecule has 0 aromatic rings. The van der Waals surface area contributed by atoms with Crippen molar-refractivity contribution >= 4 is 18.9 Å². The van der Waals surface area contributed by atoms with E-state index in [0.717, 1.165) is 19.5 Å². The van der Waals surface area contributed by atoms with Gasteiger partial charge in [-0.25, -0.2) is 0 Å². The Labute approximate surface area is 132 Å². The summed E-state index contributed by atoms with van der Waals surface area (Å²) in [4.78, 5) is 29.6. The zero-order valence-corrected chi connectivity index (χ0v) is 14.5. The third-order valence-corrected chi connectivity index (χ3v) is 2.27. The zero-order valence-electron chi connectivity index (χ0n) is 14.5. The highest BCUT2D eigenvalue weighted by molar-refractivity contribution is 5.77. The van der Waals surface area contributed by atoms with E-state index < -0.39 is 0 Å². The maximum Gasteiger partial charge on any atom is 0.293 e. The van der Waals surface area contributed by atoms with Gasteiger partial charge in [0.2, 0.25) is 5.91 Å². The maximum atomic E-state index is 10.4. The van der Waals surface area contributed by atoms with Crippen LogP contribution in [0.25, 0.3) is 0 Å². The van der Waals surface area contributed by atoms with Crippen LogP contribution in [0.2, 0.25) is 0 Å². The Balaban J connectivity index is 0. The quantitative estimate of drug-likeness (QED) is 0.752. The number of amides is 1. The molecule has 0 bridgehead atoms. The van der Waals surface area contributed by atoms with Crippen molar-refractivity contribution in [2.24, 2.45) is 11.7 Å². The average Bonchev–Trinajstić information content (AvgIpc) is 2.80. The summed E-state index contributed by atoms with van der Waals surface area (Å²) < 4.78 is 9.10.